The van der Waals surface area contributed by atoms with Crippen molar-refractivity contribution in [1.29, 1.82) is 0 Å². The molecule has 2 N–H and O–H groups in total. The summed E-state index contributed by atoms with van der Waals surface area (Å²) in [5, 5.41) is 0. The summed E-state index contributed by atoms with van der Waals surface area (Å²) in [7, 11) is 0. The van der Waals surface area contributed by atoms with Crippen molar-refractivity contribution in [3.8, 4) is 5.75 Å². The van der Waals surface area contributed by atoms with Crippen LogP contribution >= 0.6 is 11.8 Å². The summed E-state index contributed by atoms with van der Waals surface area (Å²) >= 11 is 1.77. The Bertz CT molecular complexity index is 424. The van der Waals surface area contributed by atoms with Gasteiger partial charge in [0.15, 0.2) is 4.93 Å². The molecule has 1 aliphatic carbocycles. The van der Waals surface area contributed by atoms with Crippen molar-refractivity contribution < 1.29 is 4.74 Å². The Morgan fingerprint density at radius 2 is 2.07 bits per heavy atom. The Balaban J connectivity index is 2.10. The highest BCUT2D eigenvalue weighted by Gasteiger charge is 2.45. The fourth-order valence-corrected chi connectivity index (χ4v) is 3.07. The summed E-state index contributed by atoms with van der Waals surface area (Å²) in [6.45, 7) is 4.19. The van der Waals surface area contributed by atoms with Crippen molar-refractivity contribution in [3.05, 3.63) is 23.8 Å². The lowest BCUT2D eigenvalue weighted by atomic mass is 10.0. The van der Waals surface area contributed by atoms with E-state index in [1.165, 1.54) is 10.5 Å². The molecule has 3 rings (SSSR count). The molecule has 0 unspecified atom stereocenters. The maximum atomic E-state index is 6.24. The number of nitrogens with two attached hydrogens (primary N) is 1. The Hall–Kier alpha value is -0.670. The molecule has 80 valence electrons. The molecule has 0 amide bonds. The fourth-order valence-electron chi connectivity index (χ4n) is 2.03. The Morgan fingerprint density at radius 1 is 1.33 bits per heavy atom. The molecule has 1 heterocycles. The van der Waals surface area contributed by atoms with Crippen molar-refractivity contribution in [3.63, 3.8) is 0 Å². The number of thioether (sulfide) groups is 1. The van der Waals surface area contributed by atoms with Crippen molar-refractivity contribution in [2.75, 3.05) is 0 Å². The first-order valence-corrected chi connectivity index (χ1v) is 6.12. The summed E-state index contributed by atoms with van der Waals surface area (Å²) < 4.78 is 5.97. The highest BCUT2D eigenvalue weighted by molar-refractivity contribution is 8.00. The van der Waals surface area contributed by atoms with E-state index >= 15 is 0 Å². The van der Waals surface area contributed by atoms with Gasteiger partial charge in [0.2, 0.25) is 0 Å². The molecule has 1 aromatic carbocycles. The molecule has 0 saturated heterocycles. The Morgan fingerprint density at radius 3 is 2.73 bits per heavy atom. The Kier molecular flexibility index (Phi) is 1.73. The van der Waals surface area contributed by atoms with E-state index in [2.05, 4.69) is 32.0 Å². The van der Waals surface area contributed by atoms with Crippen molar-refractivity contribution in [2.24, 2.45) is 5.73 Å². The molecular formula is C12H15NOS. The van der Waals surface area contributed by atoms with Crippen LogP contribution in [0.2, 0.25) is 0 Å². The average Bonchev–Trinajstić information content (AvgIpc) is 2.78. The van der Waals surface area contributed by atoms with Crippen LogP contribution in [0.3, 0.4) is 0 Å². The zero-order valence-corrected chi connectivity index (χ0v) is 9.86. The second-order valence-corrected chi connectivity index (χ2v) is 6.52. The summed E-state index contributed by atoms with van der Waals surface area (Å²) in [6.07, 6.45) is 2.16. The maximum absolute atomic E-state index is 6.24. The molecule has 0 atom stereocenters. The number of benzene rings is 1. The third-order valence-electron chi connectivity index (χ3n) is 3.01. The van der Waals surface area contributed by atoms with Crippen LogP contribution in [0.5, 0.6) is 5.75 Å². The summed E-state index contributed by atoms with van der Waals surface area (Å²) in [5.74, 6) is 1.02. The van der Waals surface area contributed by atoms with Gasteiger partial charge in [0.1, 0.15) is 5.75 Å². The second kappa shape index (κ2) is 2.71. The third-order valence-corrected chi connectivity index (χ3v) is 4.12. The molecule has 15 heavy (non-hydrogen) atoms. The van der Waals surface area contributed by atoms with Gasteiger partial charge < -0.3 is 10.5 Å². The third kappa shape index (κ3) is 1.45. The molecule has 0 spiro atoms. The normalized spacial score (nSPS) is 24.5. The SMILES string of the molecule is CC1(C)Oc2c(cccc2C2(N)CC2)S1. The van der Waals surface area contributed by atoms with E-state index in [4.69, 9.17) is 10.5 Å². The van der Waals surface area contributed by atoms with Gasteiger partial charge in [-0.1, -0.05) is 23.9 Å². The second-order valence-electron chi connectivity index (χ2n) is 4.89. The van der Waals surface area contributed by atoms with Gasteiger partial charge in [-0.2, -0.15) is 0 Å². The van der Waals surface area contributed by atoms with Gasteiger partial charge in [0.25, 0.3) is 0 Å². The zero-order valence-electron chi connectivity index (χ0n) is 9.04. The lowest BCUT2D eigenvalue weighted by molar-refractivity contribution is 0.211. The van der Waals surface area contributed by atoms with E-state index < -0.39 is 0 Å². The van der Waals surface area contributed by atoms with Crippen LogP contribution in [0.1, 0.15) is 32.3 Å². The average molecular weight is 221 g/mol. The smallest absolute Gasteiger partial charge is 0.153 e. The summed E-state index contributed by atoms with van der Waals surface area (Å²) in [5.41, 5.74) is 7.33. The molecule has 0 radical (unpaired) electrons. The van der Waals surface area contributed by atoms with E-state index in [1.54, 1.807) is 11.8 Å². The zero-order chi connectivity index (χ0) is 10.7. The Labute approximate surface area is 94.2 Å². The first kappa shape index (κ1) is 9.55. The van der Waals surface area contributed by atoms with E-state index in [9.17, 15) is 0 Å². The fraction of sp³-hybridized carbons (Fsp3) is 0.500. The maximum Gasteiger partial charge on any atom is 0.153 e. The molecule has 1 aromatic rings. The van der Waals surface area contributed by atoms with E-state index in [0.29, 0.717) is 0 Å². The number of fused-ring (bicyclic) bond motifs is 1. The molecule has 1 saturated carbocycles. The van der Waals surface area contributed by atoms with E-state index in [0.717, 1.165) is 18.6 Å². The molecular weight excluding hydrogens is 206 g/mol. The van der Waals surface area contributed by atoms with Gasteiger partial charge in [0, 0.05) is 11.1 Å². The molecule has 1 fully saturated rings. The summed E-state index contributed by atoms with van der Waals surface area (Å²) in [4.78, 5) is 1.08. The number of hydrogen-bond donors (Lipinski definition) is 1. The minimum atomic E-state index is -0.149. The highest BCUT2D eigenvalue weighted by Crippen LogP contribution is 2.54. The molecule has 3 heteroatoms. The van der Waals surface area contributed by atoms with Gasteiger partial charge >= 0.3 is 0 Å². The number of rotatable bonds is 1. The van der Waals surface area contributed by atoms with Crippen LogP contribution in [0.25, 0.3) is 0 Å². The quantitative estimate of drug-likeness (QED) is 0.792. The number of hydrogen-bond acceptors (Lipinski definition) is 3. The number of para-hydroxylation sites is 1. The standard InChI is InChI=1S/C12H15NOS/c1-11(2)14-10-8(12(13)6-7-12)4-3-5-9(10)15-11/h3-5H,6-7,13H2,1-2H3. The monoisotopic (exact) mass is 221 g/mol. The van der Waals surface area contributed by atoms with E-state index in [1.807, 2.05) is 0 Å². The lowest BCUT2D eigenvalue weighted by Gasteiger charge is -2.18. The van der Waals surface area contributed by atoms with Crippen LogP contribution in [0.15, 0.2) is 23.1 Å². The van der Waals surface area contributed by atoms with Crippen LogP contribution < -0.4 is 10.5 Å². The van der Waals surface area contributed by atoms with Crippen LogP contribution in [0.4, 0.5) is 0 Å². The minimum absolute atomic E-state index is 0.105. The minimum Gasteiger partial charge on any atom is -0.475 e. The molecule has 1 aliphatic heterocycles. The van der Waals surface area contributed by atoms with E-state index in [-0.39, 0.29) is 10.5 Å². The predicted octanol–water partition coefficient (Wildman–Crippen LogP) is 2.86. The van der Waals surface area contributed by atoms with Gasteiger partial charge in [-0.15, -0.1) is 0 Å². The van der Waals surface area contributed by atoms with Crippen molar-refractivity contribution in [1.82, 2.24) is 0 Å². The van der Waals surface area contributed by atoms with Gasteiger partial charge in [-0.3, -0.25) is 0 Å². The van der Waals surface area contributed by atoms with Gasteiger partial charge in [0.05, 0.1) is 4.90 Å². The molecule has 2 aliphatic rings. The molecule has 2 nitrogen and oxygen atoms in total. The molecule has 0 bridgehead atoms. The van der Waals surface area contributed by atoms with Gasteiger partial charge in [-0.25, -0.2) is 0 Å². The first-order valence-electron chi connectivity index (χ1n) is 5.31. The summed E-state index contributed by atoms with van der Waals surface area (Å²) in [6, 6.07) is 6.30. The van der Waals surface area contributed by atoms with Crippen LogP contribution in [0, 0.1) is 0 Å². The van der Waals surface area contributed by atoms with Crippen molar-refractivity contribution >= 4 is 11.8 Å². The highest BCUT2D eigenvalue weighted by atomic mass is 32.2. The van der Waals surface area contributed by atoms with Crippen LogP contribution in [-0.2, 0) is 5.54 Å². The first-order chi connectivity index (χ1) is 7.00. The van der Waals surface area contributed by atoms with Gasteiger partial charge in [-0.05, 0) is 32.8 Å². The van der Waals surface area contributed by atoms with Crippen molar-refractivity contribution in [2.45, 2.75) is 42.1 Å². The molecule has 0 aromatic heterocycles. The van der Waals surface area contributed by atoms with Crippen LogP contribution in [-0.4, -0.2) is 4.93 Å². The largest absolute Gasteiger partial charge is 0.475 e. The lowest BCUT2D eigenvalue weighted by Crippen LogP contribution is -2.22. The predicted molar refractivity (Wildman–Crippen MR) is 62.1 cm³/mol. The topological polar surface area (TPSA) is 35.2 Å². The number of ether oxygens (including phenoxy) is 1.